The van der Waals surface area contributed by atoms with Crippen LogP contribution in [0.25, 0.3) is 0 Å². The highest BCUT2D eigenvalue weighted by molar-refractivity contribution is 6.34. The molecule has 22 heavy (non-hydrogen) atoms. The molecule has 2 rings (SSSR count). The molecule has 1 fully saturated rings. The van der Waals surface area contributed by atoms with Gasteiger partial charge in [-0.3, -0.25) is 14.5 Å². The molecule has 1 N–H and O–H groups in total. The van der Waals surface area contributed by atoms with Crippen LogP contribution in [0.5, 0.6) is 0 Å². The fraction of sp³-hybridized carbons (Fsp3) is 0.467. The molecule has 1 saturated heterocycles. The Bertz CT molecular complexity index is 560. The van der Waals surface area contributed by atoms with Gasteiger partial charge in [0, 0.05) is 23.6 Å². The van der Waals surface area contributed by atoms with Crippen LogP contribution in [0.15, 0.2) is 18.2 Å². The predicted octanol–water partition coefficient (Wildman–Crippen LogP) is 2.50. The number of carboxylic acids is 1. The molecule has 0 radical (unpaired) electrons. The number of hydrogen-bond donors (Lipinski definition) is 1. The average molecular weight is 345 g/mol. The summed E-state index contributed by atoms with van der Waals surface area (Å²) >= 11 is 11.9. The Balaban J connectivity index is 1.96. The number of halogens is 2. The van der Waals surface area contributed by atoms with E-state index in [2.05, 4.69) is 0 Å². The summed E-state index contributed by atoms with van der Waals surface area (Å²) in [6, 6.07) is 4.59. The highest BCUT2D eigenvalue weighted by Crippen LogP contribution is 2.21. The highest BCUT2D eigenvalue weighted by Gasteiger charge is 2.32. The Morgan fingerprint density at radius 3 is 2.55 bits per heavy atom. The molecule has 7 heteroatoms. The molecule has 1 aromatic rings. The maximum absolute atomic E-state index is 12.3. The SMILES string of the molecule is CN(Cc1cc(Cl)cc(Cl)c1)C(=O)CN1CCCC1C(=O)O. The maximum Gasteiger partial charge on any atom is 0.320 e. The topological polar surface area (TPSA) is 60.9 Å². The van der Waals surface area contributed by atoms with Crippen LogP contribution in [-0.2, 0) is 16.1 Å². The molecule has 0 bridgehead atoms. The number of carboxylic acid groups (broad SMARTS) is 1. The predicted molar refractivity (Wildman–Crippen MR) is 85.2 cm³/mol. The number of benzene rings is 1. The van der Waals surface area contributed by atoms with Crippen LogP contribution in [0, 0.1) is 0 Å². The van der Waals surface area contributed by atoms with Gasteiger partial charge in [0.25, 0.3) is 0 Å². The van der Waals surface area contributed by atoms with Crippen molar-refractivity contribution in [3.05, 3.63) is 33.8 Å². The van der Waals surface area contributed by atoms with E-state index < -0.39 is 12.0 Å². The molecule has 0 aliphatic carbocycles. The molecule has 0 spiro atoms. The van der Waals surface area contributed by atoms with Crippen LogP contribution >= 0.6 is 23.2 Å². The summed E-state index contributed by atoms with van der Waals surface area (Å²) in [5.41, 5.74) is 0.838. The van der Waals surface area contributed by atoms with Gasteiger partial charge in [-0.2, -0.15) is 0 Å². The monoisotopic (exact) mass is 344 g/mol. The molecule has 1 aliphatic heterocycles. The summed E-state index contributed by atoms with van der Waals surface area (Å²) in [5, 5.41) is 10.2. The Labute approximate surface area is 139 Å². The van der Waals surface area contributed by atoms with Crippen LogP contribution in [0.4, 0.5) is 0 Å². The van der Waals surface area contributed by atoms with Crippen LogP contribution in [0.3, 0.4) is 0 Å². The molecule has 5 nitrogen and oxygen atoms in total. The fourth-order valence-corrected chi connectivity index (χ4v) is 3.23. The van der Waals surface area contributed by atoms with Gasteiger partial charge in [0.2, 0.25) is 5.91 Å². The number of likely N-dealkylation sites (tertiary alicyclic amines) is 1. The molecule has 1 aliphatic rings. The van der Waals surface area contributed by atoms with Crippen LogP contribution in [0.1, 0.15) is 18.4 Å². The highest BCUT2D eigenvalue weighted by atomic mass is 35.5. The van der Waals surface area contributed by atoms with Gasteiger partial charge in [-0.15, -0.1) is 0 Å². The Morgan fingerprint density at radius 2 is 1.95 bits per heavy atom. The zero-order valence-corrected chi connectivity index (χ0v) is 13.8. The molecule has 0 saturated carbocycles. The number of aliphatic carboxylic acids is 1. The molecule has 0 aromatic heterocycles. The minimum absolute atomic E-state index is 0.113. The van der Waals surface area contributed by atoms with Crippen molar-refractivity contribution in [2.24, 2.45) is 0 Å². The third-order valence-electron chi connectivity index (χ3n) is 3.75. The standard InChI is InChI=1S/C15H18Cl2N2O3/c1-18(8-10-5-11(16)7-12(17)6-10)14(20)9-19-4-2-3-13(19)15(21)22/h5-7,13H,2-4,8-9H2,1H3,(H,21,22). The molecule has 1 amide bonds. The van der Waals surface area contributed by atoms with E-state index in [0.29, 0.717) is 29.6 Å². The molecular weight excluding hydrogens is 327 g/mol. The van der Waals surface area contributed by atoms with Crippen molar-refractivity contribution in [3.63, 3.8) is 0 Å². The number of carbonyl (C=O) groups is 2. The van der Waals surface area contributed by atoms with Crippen molar-refractivity contribution >= 4 is 35.1 Å². The summed E-state index contributed by atoms with van der Waals surface area (Å²) in [6.45, 7) is 1.13. The first-order chi connectivity index (χ1) is 10.4. The Hall–Kier alpha value is -1.30. The van der Waals surface area contributed by atoms with Gasteiger partial charge in [-0.1, -0.05) is 23.2 Å². The van der Waals surface area contributed by atoms with E-state index in [4.69, 9.17) is 28.3 Å². The average Bonchev–Trinajstić information content (AvgIpc) is 2.85. The molecule has 1 unspecified atom stereocenters. The van der Waals surface area contributed by atoms with Gasteiger partial charge >= 0.3 is 5.97 Å². The van der Waals surface area contributed by atoms with E-state index in [-0.39, 0.29) is 12.5 Å². The second-order valence-corrected chi connectivity index (χ2v) is 6.37. The molecule has 1 atom stereocenters. The Morgan fingerprint density at radius 1 is 1.32 bits per heavy atom. The largest absolute Gasteiger partial charge is 0.480 e. The van der Waals surface area contributed by atoms with Crippen molar-refractivity contribution in [3.8, 4) is 0 Å². The van der Waals surface area contributed by atoms with Gasteiger partial charge in [0.15, 0.2) is 0 Å². The number of hydrogen-bond acceptors (Lipinski definition) is 3. The quantitative estimate of drug-likeness (QED) is 0.891. The van der Waals surface area contributed by atoms with Gasteiger partial charge in [-0.05, 0) is 43.1 Å². The smallest absolute Gasteiger partial charge is 0.320 e. The van der Waals surface area contributed by atoms with Gasteiger partial charge in [0.05, 0.1) is 6.54 Å². The number of rotatable bonds is 5. The zero-order chi connectivity index (χ0) is 16.3. The van der Waals surface area contributed by atoms with E-state index in [1.165, 1.54) is 0 Å². The number of likely N-dealkylation sites (N-methyl/N-ethyl adjacent to an activating group) is 1. The summed E-state index contributed by atoms with van der Waals surface area (Å²) in [4.78, 5) is 26.7. The zero-order valence-electron chi connectivity index (χ0n) is 12.3. The summed E-state index contributed by atoms with van der Waals surface area (Å²) in [5.74, 6) is -0.987. The lowest BCUT2D eigenvalue weighted by molar-refractivity contribution is -0.143. The van der Waals surface area contributed by atoms with E-state index in [0.717, 1.165) is 12.0 Å². The Kier molecular flexibility index (Phi) is 5.67. The van der Waals surface area contributed by atoms with E-state index in [1.54, 1.807) is 35.0 Å². The first-order valence-corrected chi connectivity index (χ1v) is 7.78. The van der Waals surface area contributed by atoms with E-state index in [9.17, 15) is 9.59 Å². The number of amides is 1. The first-order valence-electron chi connectivity index (χ1n) is 7.02. The minimum Gasteiger partial charge on any atom is -0.480 e. The van der Waals surface area contributed by atoms with Gasteiger partial charge in [0.1, 0.15) is 6.04 Å². The van der Waals surface area contributed by atoms with Gasteiger partial charge in [-0.25, -0.2) is 0 Å². The van der Waals surface area contributed by atoms with Crippen molar-refractivity contribution in [1.82, 2.24) is 9.80 Å². The van der Waals surface area contributed by atoms with Crippen LogP contribution in [0.2, 0.25) is 10.0 Å². The lowest BCUT2D eigenvalue weighted by Crippen LogP contribution is -2.43. The summed E-state index contributed by atoms with van der Waals surface area (Å²) in [6.07, 6.45) is 1.40. The minimum atomic E-state index is -0.866. The normalized spacial score (nSPS) is 18.4. The number of nitrogens with zero attached hydrogens (tertiary/aromatic N) is 2. The first kappa shape index (κ1) is 17.1. The summed E-state index contributed by atoms with van der Waals surface area (Å²) in [7, 11) is 1.68. The summed E-state index contributed by atoms with van der Waals surface area (Å²) < 4.78 is 0. The van der Waals surface area contributed by atoms with E-state index in [1.807, 2.05) is 0 Å². The molecule has 1 heterocycles. The van der Waals surface area contributed by atoms with Crippen molar-refractivity contribution in [1.29, 1.82) is 0 Å². The maximum atomic E-state index is 12.3. The van der Waals surface area contributed by atoms with E-state index >= 15 is 0 Å². The van der Waals surface area contributed by atoms with Crippen molar-refractivity contribution in [2.45, 2.75) is 25.4 Å². The lowest BCUT2D eigenvalue weighted by Gasteiger charge is -2.24. The molecule has 120 valence electrons. The fourth-order valence-electron chi connectivity index (χ4n) is 2.65. The molecular formula is C15H18Cl2N2O3. The second-order valence-electron chi connectivity index (χ2n) is 5.49. The van der Waals surface area contributed by atoms with Crippen LogP contribution < -0.4 is 0 Å². The van der Waals surface area contributed by atoms with Crippen molar-refractivity contribution in [2.75, 3.05) is 20.1 Å². The lowest BCUT2D eigenvalue weighted by atomic mass is 10.2. The number of carbonyl (C=O) groups excluding carboxylic acids is 1. The third kappa shape index (κ3) is 4.35. The second kappa shape index (κ2) is 7.31. The molecule has 1 aromatic carbocycles. The third-order valence-corrected chi connectivity index (χ3v) is 4.19. The van der Waals surface area contributed by atoms with Crippen LogP contribution in [-0.4, -0.2) is 53.0 Å². The van der Waals surface area contributed by atoms with Gasteiger partial charge < -0.3 is 10.0 Å². The van der Waals surface area contributed by atoms with Crippen molar-refractivity contribution < 1.29 is 14.7 Å².